The molecule has 0 aromatic carbocycles. The van der Waals surface area contributed by atoms with Crippen LogP contribution in [0.3, 0.4) is 0 Å². The highest BCUT2D eigenvalue weighted by molar-refractivity contribution is 7.71. The number of H-pyrrole nitrogens is 1. The molecule has 3 rings (SSSR count). The van der Waals surface area contributed by atoms with E-state index < -0.39 is 0 Å². The van der Waals surface area contributed by atoms with Gasteiger partial charge >= 0.3 is 0 Å². The van der Waals surface area contributed by atoms with Gasteiger partial charge in [0.2, 0.25) is 0 Å². The summed E-state index contributed by atoms with van der Waals surface area (Å²) >= 11 is 5.40. The Bertz CT molecular complexity index is 767. The molecular weight excluding hydrogens is 260 g/mol. The van der Waals surface area contributed by atoms with Gasteiger partial charge in [-0.05, 0) is 32.1 Å². The molecule has 3 aromatic heterocycles. The van der Waals surface area contributed by atoms with Crippen molar-refractivity contribution in [2.24, 2.45) is 0 Å². The number of nitrogens with zero attached hydrogens (tertiary/aromatic N) is 5. The van der Waals surface area contributed by atoms with Gasteiger partial charge in [-0.1, -0.05) is 0 Å². The van der Waals surface area contributed by atoms with Gasteiger partial charge in [0.1, 0.15) is 11.8 Å². The van der Waals surface area contributed by atoms with Crippen LogP contribution >= 0.6 is 12.2 Å². The second-order valence-corrected chi connectivity index (χ2v) is 4.70. The standard InChI is InChI=1S/C12H14N6S/c1-3-18-11-10(8(2)16-18)15-12(19)17(11)6-9-4-5-13-7-14-9/h4-5,7H,3,6H2,1-2H3,(H,15,19). The van der Waals surface area contributed by atoms with Crippen molar-refractivity contribution in [2.75, 3.05) is 0 Å². The maximum absolute atomic E-state index is 5.40. The number of hydrogen-bond acceptors (Lipinski definition) is 4. The van der Waals surface area contributed by atoms with Crippen LogP contribution in [-0.4, -0.2) is 29.3 Å². The number of fused-ring (bicyclic) bond motifs is 1. The highest BCUT2D eigenvalue weighted by atomic mass is 32.1. The highest BCUT2D eigenvalue weighted by Crippen LogP contribution is 2.18. The van der Waals surface area contributed by atoms with E-state index in [9.17, 15) is 0 Å². The van der Waals surface area contributed by atoms with Crippen LogP contribution in [0.4, 0.5) is 0 Å². The Kier molecular flexibility index (Phi) is 2.90. The fourth-order valence-corrected chi connectivity index (χ4v) is 2.45. The van der Waals surface area contributed by atoms with Gasteiger partial charge in [0.15, 0.2) is 10.4 Å². The second kappa shape index (κ2) is 4.58. The van der Waals surface area contributed by atoms with Crippen molar-refractivity contribution < 1.29 is 0 Å². The minimum absolute atomic E-state index is 0.618. The Morgan fingerprint density at radius 3 is 2.95 bits per heavy atom. The fourth-order valence-electron chi connectivity index (χ4n) is 2.20. The van der Waals surface area contributed by atoms with E-state index in [0.717, 1.165) is 29.1 Å². The molecule has 0 saturated heterocycles. The third kappa shape index (κ3) is 1.95. The van der Waals surface area contributed by atoms with Crippen molar-refractivity contribution in [3.63, 3.8) is 0 Å². The Morgan fingerprint density at radius 2 is 2.26 bits per heavy atom. The SMILES string of the molecule is CCn1nc(C)c2[nH]c(=S)n(Cc3ccncn3)c21. The summed E-state index contributed by atoms with van der Waals surface area (Å²) in [5, 5.41) is 4.50. The smallest absolute Gasteiger partial charge is 0.179 e. The summed E-state index contributed by atoms with van der Waals surface area (Å²) in [6.45, 7) is 5.47. The Morgan fingerprint density at radius 1 is 1.42 bits per heavy atom. The lowest BCUT2D eigenvalue weighted by atomic mass is 10.4. The number of aromatic amines is 1. The van der Waals surface area contributed by atoms with E-state index in [1.54, 1.807) is 12.5 Å². The van der Waals surface area contributed by atoms with Gasteiger partial charge in [-0.15, -0.1) is 0 Å². The highest BCUT2D eigenvalue weighted by Gasteiger charge is 2.14. The lowest BCUT2D eigenvalue weighted by molar-refractivity contribution is 0.640. The van der Waals surface area contributed by atoms with Crippen LogP contribution in [-0.2, 0) is 13.1 Å². The molecule has 0 atom stereocenters. The first kappa shape index (κ1) is 12.0. The van der Waals surface area contributed by atoms with Crippen LogP contribution in [0, 0.1) is 11.7 Å². The lowest BCUT2D eigenvalue weighted by Gasteiger charge is -2.05. The van der Waals surface area contributed by atoms with Crippen LogP contribution in [0.25, 0.3) is 11.2 Å². The number of nitrogens with one attached hydrogen (secondary N) is 1. The third-order valence-electron chi connectivity index (χ3n) is 3.10. The summed E-state index contributed by atoms with van der Waals surface area (Å²) < 4.78 is 4.67. The lowest BCUT2D eigenvalue weighted by Crippen LogP contribution is -2.07. The minimum atomic E-state index is 0.618. The maximum atomic E-state index is 5.40. The predicted octanol–water partition coefficient (Wildman–Crippen LogP) is 2.06. The van der Waals surface area contributed by atoms with E-state index in [0.29, 0.717) is 11.3 Å². The topological polar surface area (TPSA) is 64.3 Å². The van der Waals surface area contributed by atoms with E-state index >= 15 is 0 Å². The monoisotopic (exact) mass is 274 g/mol. The summed E-state index contributed by atoms with van der Waals surface area (Å²) in [5.74, 6) is 0. The molecule has 6 nitrogen and oxygen atoms in total. The zero-order chi connectivity index (χ0) is 13.4. The summed E-state index contributed by atoms with van der Waals surface area (Å²) in [7, 11) is 0. The molecule has 0 radical (unpaired) electrons. The molecule has 0 aliphatic rings. The van der Waals surface area contributed by atoms with Crippen molar-refractivity contribution in [3.8, 4) is 0 Å². The summed E-state index contributed by atoms with van der Waals surface area (Å²) in [5.41, 5.74) is 3.91. The predicted molar refractivity (Wildman–Crippen MR) is 74.5 cm³/mol. The molecule has 7 heteroatoms. The zero-order valence-corrected chi connectivity index (χ0v) is 11.6. The summed E-state index contributed by atoms with van der Waals surface area (Å²) in [6, 6.07) is 1.89. The van der Waals surface area contributed by atoms with Gasteiger partial charge in [0.05, 0.1) is 17.9 Å². The molecule has 3 aromatic rings. The molecule has 0 amide bonds. The van der Waals surface area contributed by atoms with Crippen LogP contribution in [0.1, 0.15) is 18.3 Å². The maximum Gasteiger partial charge on any atom is 0.179 e. The van der Waals surface area contributed by atoms with Crippen molar-refractivity contribution in [2.45, 2.75) is 26.9 Å². The van der Waals surface area contributed by atoms with Crippen molar-refractivity contribution >= 4 is 23.4 Å². The average Bonchev–Trinajstić information content (AvgIpc) is 2.90. The van der Waals surface area contributed by atoms with Crippen molar-refractivity contribution in [3.05, 3.63) is 34.7 Å². The Hall–Kier alpha value is -2.02. The molecule has 1 N–H and O–H groups in total. The van der Waals surface area contributed by atoms with Gasteiger partial charge < -0.3 is 4.98 Å². The van der Waals surface area contributed by atoms with Crippen LogP contribution in [0.2, 0.25) is 0 Å². The van der Waals surface area contributed by atoms with Crippen molar-refractivity contribution in [1.82, 2.24) is 29.3 Å². The van der Waals surface area contributed by atoms with Gasteiger partial charge in [-0.25, -0.2) is 14.6 Å². The summed E-state index contributed by atoms with van der Waals surface area (Å²) in [6.07, 6.45) is 3.28. The summed E-state index contributed by atoms with van der Waals surface area (Å²) in [4.78, 5) is 11.4. The molecule has 3 heterocycles. The van der Waals surface area contributed by atoms with Crippen molar-refractivity contribution in [1.29, 1.82) is 0 Å². The van der Waals surface area contributed by atoms with E-state index in [2.05, 4.69) is 27.0 Å². The number of rotatable bonds is 3. The van der Waals surface area contributed by atoms with Crippen LogP contribution in [0.15, 0.2) is 18.6 Å². The van der Waals surface area contributed by atoms with E-state index in [-0.39, 0.29) is 0 Å². The molecule has 0 spiro atoms. The molecule has 0 saturated carbocycles. The Labute approximate surface area is 115 Å². The molecule has 98 valence electrons. The van der Waals surface area contributed by atoms with E-state index in [4.69, 9.17) is 12.2 Å². The van der Waals surface area contributed by atoms with Crippen LogP contribution < -0.4 is 0 Å². The average molecular weight is 274 g/mol. The quantitative estimate of drug-likeness (QED) is 0.743. The number of imidazole rings is 1. The number of hydrogen-bond donors (Lipinski definition) is 1. The zero-order valence-electron chi connectivity index (χ0n) is 10.8. The molecule has 0 unspecified atom stereocenters. The number of aromatic nitrogens is 6. The molecule has 0 aliphatic heterocycles. The van der Waals surface area contributed by atoms with Gasteiger partial charge in [-0.2, -0.15) is 5.10 Å². The third-order valence-corrected chi connectivity index (χ3v) is 3.42. The fraction of sp³-hybridized carbons (Fsp3) is 0.333. The van der Waals surface area contributed by atoms with Crippen LogP contribution in [0.5, 0.6) is 0 Å². The van der Waals surface area contributed by atoms with Gasteiger partial charge in [0, 0.05) is 12.7 Å². The molecule has 0 bridgehead atoms. The Balaban J connectivity index is 2.17. The molecule has 0 fully saturated rings. The van der Waals surface area contributed by atoms with Gasteiger partial charge in [-0.3, -0.25) is 4.57 Å². The molecule has 19 heavy (non-hydrogen) atoms. The molecule has 0 aliphatic carbocycles. The minimum Gasteiger partial charge on any atom is -0.328 e. The first-order valence-corrected chi connectivity index (χ1v) is 6.52. The second-order valence-electron chi connectivity index (χ2n) is 4.32. The first-order chi connectivity index (χ1) is 9.20. The van der Waals surface area contributed by atoms with E-state index in [1.165, 1.54) is 0 Å². The first-order valence-electron chi connectivity index (χ1n) is 6.11. The number of aryl methyl sites for hydroxylation is 2. The molecular formula is C12H14N6S. The van der Waals surface area contributed by atoms with Gasteiger partial charge in [0.25, 0.3) is 0 Å². The van der Waals surface area contributed by atoms with E-state index in [1.807, 2.05) is 22.2 Å². The normalized spacial score (nSPS) is 11.3. The largest absolute Gasteiger partial charge is 0.328 e.